The maximum absolute atomic E-state index is 14.4. The smallest absolute Gasteiger partial charge is 0.125 e. The Balaban J connectivity index is 2.13. The molecule has 0 heterocycles. The molecule has 0 saturated heterocycles. The standard InChI is InChI=1S/C32H30FN/c1-8-13-23(9-2)34(24-15-12-14-22(33)19-24)30-20-29-31(26(11-4)25(30)10-3)27-17-16-21(5)18-28(27)32(29,6)7/h8-20H,1-4H2,5-7H3/b23-13+. The van der Waals surface area contributed by atoms with E-state index in [0.29, 0.717) is 5.69 Å². The van der Waals surface area contributed by atoms with Crippen molar-refractivity contribution in [3.05, 3.63) is 132 Å². The summed E-state index contributed by atoms with van der Waals surface area (Å²) in [6.07, 6.45) is 9.09. The van der Waals surface area contributed by atoms with Gasteiger partial charge in [-0.2, -0.15) is 0 Å². The van der Waals surface area contributed by atoms with Gasteiger partial charge in [-0.1, -0.05) is 88.2 Å². The van der Waals surface area contributed by atoms with Crippen LogP contribution in [0.3, 0.4) is 0 Å². The second kappa shape index (κ2) is 8.79. The normalized spacial score (nSPS) is 13.6. The number of aryl methyl sites for hydroxylation is 1. The summed E-state index contributed by atoms with van der Waals surface area (Å²) >= 11 is 0. The molecule has 1 aliphatic rings. The van der Waals surface area contributed by atoms with Gasteiger partial charge in [0.25, 0.3) is 0 Å². The maximum atomic E-state index is 14.4. The molecule has 0 radical (unpaired) electrons. The molecule has 1 aliphatic carbocycles. The van der Waals surface area contributed by atoms with E-state index in [9.17, 15) is 4.39 Å². The average Bonchev–Trinajstić information content (AvgIpc) is 3.04. The third-order valence-corrected chi connectivity index (χ3v) is 6.65. The Labute approximate surface area is 202 Å². The lowest BCUT2D eigenvalue weighted by atomic mass is 9.80. The molecule has 0 fully saturated rings. The molecule has 3 aromatic carbocycles. The highest BCUT2D eigenvalue weighted by Crippen LogP contribution is 2.54. The summed E-state index contributed by atoms with van der Waals surface area (Å²) in [5, 5.41) is 0. The highest BCUT2D eigenvalue weighted by Gasteiger charge is 2.38. The van der Waals surface area contributed by atoms with Crippen molar-refractivity contribution >= 4 is 23.5 Å². The zero-order valence-corrected chi connectivity index (χ0v) is 20.2. The van der Waals surface area contributed by atoms with E-state index in [4.69, 9.17) is 0 Å². The van der Waals surface area contributed by atoms with Gasteiger partial charge in [0.15, 0.2) is 0 Å². The lowest BCUT2D eigenvalue weighted by molar-refractivity contribution is 0.628. The van der Waals surface area contributed by atoms with Crippen LogP contribution in [0.15, 0.2) is 98.8 Å². The van der Waals surface area contributed by atoms with E-state index in [1.54, 1.807) is 18.2 Å². The van der Waals surface area contributed by atoms with Gasteiger partial charge in [-0.25, -0.2) is 4.39 Å². The third kappa shape index (κ3) is 3.56. The van der Waals surface area contributed by atoms with E-state index >= 15 is 0 Å². The van der Waals surface area contributed by atoms with Crippen molar-refractivity contribution in [2.75, 3.05) is 4.90 Å². The number of allylic oxidation sites excluding steroid dienone is 3. The van der Waals surface area contributed by atoms with Gasteiger partial charge in [0, 0.05) is 22.4 Å². The summed E-state index contributed by atoms with van der Waals surface area (Å²) in [4.78, 5) is 2.01. The van der Waals surface area contributed by atoms with Crippen LogP contribution in [0.5, 0.6) is 0 Å². The fraction of sp³-hybridized carbons (Fsp3) is 0.125. The van der Waals surface area contributed by atoms with Crippen LogP contribution >= 0.6 is 0 Å². The van der Waals surface area contributed by atoms with E-state index in [1.807, 2.05) is 29.2 Å². The van der Waals surface area contributed by atoms with Crippen molar-refractivity contribution in [3.8, 4) is 11.1 Å². The molecule has 170 valence electrons. The first-order chi connectivity index (χ1) is 16.3. The van der Waals surface area contributed by atoms with Crippen molar-refractivity contribution in [1.82, 2.24) is 0 Å². The van der Waals surface area contributed by atoms with Crippen LogP contribution in [0.25, 0.3) is 23.3 Å². The maximum Gasteiger partial charge on any atom is 0.125 e. The molecule has 2 heteroatoms. The highest BCUT2D eigenvalue weighted by atomic mass is 19.1. The SMILES string of the molecule is C=C/C=C(\C=C)N(c1cccc(F)c1)c1cc2c(c(C=C)c1C=C)-c1ccc(C)cc1C2(C)C. The zero-order valence-electron chi connectivity index (χ0n) is 20.2. The second-order valence-corrected chi connectivity index (χ2v) is 9.07. The summed E-state index contributed by atoms with van der Waals surface area (Å²) < 4.78 is 14.4. The molecule has 34 heavy (non-hydrogen) atoms. The molecular weight excluding hydrogens is 417 g/mol. The largest absolute Gasteiger partial charge is 0.310 e. The van der Waals surface area contributed by atoms with Gasteiger partial charge in [0.05, 0.1) is 5.69 Å². The van der Waals surface area contributed by atoms with Crippen molar-refractivity contribution in [1.29, 1.82) is 0 Å². The number of hydrogen-bond acceptors (Lipinski definition) is 1. The molecule has 0 unspecified atom stereocenters. The van der Waals surface area contributed by atoms with Crippen LogP contribution in [-0.4, -0.2) is 0 Å². The van der Waals surface area contributed by atoms with Gasteiger partial charge in [-0.3, -0.25) is 0 Å². The van der Waals surface area contributed by atoms with Crippen molar-refractivity contribution in [2.24, 2.45) is 0 Å². The quantitative estimate of drug-likeness (QED) is 0.326. The van der Waals surface area contributed by atoms with E-state index < -0.39 is 0 Å². The average molecular weight is 448 g/mol. The van der Waals surface area contributed by atoms with E-state index in [1.165, 1.54) is 39.9 Å². The number of halogens is 1. The lowest BCUT2D eigenvalue weighted by Gasteiger charge is -2.31. The van der Waals surface area contributed by atoms with Crippen LogP contribution in [0, 0.1) is 12.7 Å². The Bertz CT molecular complexity index is 1370. The number of nitrogens with zero attached hydrogens (tertiary/aromatic N) is 1. The van der Waals surface area contributed by atoms with Crippen LogP contribution in [0.1, 0.15) is 41.7 Å². The highest BCUT2D eigenvalue weighted by molar-refractivity contribution is 5.95. The second-order valence-electron chi connectivity index (χ2n) is 9.07. The third-order valence-electron chi connectivity index (χ3n) is 6.65. The summed E-state index contributed by atoms with van der Waals surface area (Å²) in [6, 6.07) is 15.4. The molecule has 0 atom stereocenters. The first-order valence-electron chi connectivity index (χ1n) is 11.4. The number of benzene rings is 3. The molecule has 0 aliphatic heterocycles. The molecule has 3 aromatic rings. The monoisotopic (exact) mass is 447 g/mol. The molecule has 0 saturated carbocycles. The van der Waals surface area contributed by atoms with Gasteiger partial charge >= 0.3 is 0 Å². The summed E-state index contributed by atoms with van der Waals surface area (Å²) in [5.41, 5.74) is 10.2. The van der Waals surface area contributed by atoms with Crippen molar-refractivity contribution < 1.29 is 4.39 Å². The Kier molecular flexibility index (Phi) is 6.01. The Morgan fingerprint density at radius 1 is 0.912 bits per heavy atom. The van der Waals surface area contributed by atoms with Gasteiger partial charge < -0.3 is 4.90 Å². The minimum Gasteiger partial charge on any atom is -0.310 e. The minimum atomic E-state index is -0.307. The van der Waals surface area contributed by atoms with Crippen LogP contribution in [-0.2, 0) is 5.41 Å². The van der Waals surface area contributed by atoms with Gasteiger partial charge in [0.2, 0.25) is 0 Å². The molecule has 1 nitrogen and oxygen atoms in total. The van der Waals surface area contributed by atoms with E-state index in [0.717, 1.165) is 22.5 Å². The minimum absolute atomic E-state index is 0.215. The Hall–Kier alpha value is -3.91. The molecule has 0 bridgehead atoms. The van der Waals surface area contributed by atoms with Gasteiger partial charge in [0.1, 0.15) is 5.82 Å². The number of fused-ring (bicyclic) bond motifs is 3. The molecule has 0 aromatic heterocycles. The van der Waals surface area contributed by atoms with Crippen LogP contribution in [0.4, 0.5) is 15.8 Å². The molecule has 4 rings (SSSR count). The molecule has 0 N–H and O–H groups in total. The zero-order chi connectivity index (χ0) is 24.6. The number of rotatable bonds is 7. The molecule has 0 amide bonds. The predicted octanol–water partition coefficient (Wildman–Crippen LogP) is 9.12. The van der Waals surface area contributed by atoms with Crippen molar-refractivity contribution in [3.63, 3.8) is 0 Å². The summed E-state index contributed by atoms with van der Waals surface area (Å²) in [7, 11) is 0. The summed E-state index contributed by atoms with van der Waals surface area (Å²) in [5.74, 6) is -0.307. The topological polar surface area (TPSA) is 3.24 Å². The van der Waals surface area contributed by atoms with Crippen LogP contribution in [0.2, 0.25) is 0 Å². The van der Waals surface area contributed by atoms with Crippen molar-refractivity contribution in [2.45, 2.75) is 26.2 Å². The lowest BCUT2D eigenvalue weighted by Crippen LogP contribution is -2.20. The van der Waals surface area contributed by atoms with E-state index in [-0.39, 0.29) is 11.2 Å². The Morgan fingerprint density at radius 3 is 2.26 bits per heavy atom. The van der Waals surface area contributed by atoms with Crippen LogP contribution < -0.4 is 4.90 Å². The number of hydrogen-bond donors (Lipinski definition) is 0. The fourth-order valence-corrected chi connectivity index (χ4v) is 5.03. The molecule has 0 spiro atoms. The van der Waals surface area contributed by atoms with Gasteiger partial charge in [-0.15, -0.1) is 0 Å². The molecular formula is C32H30FN. The first-order valence-corrected chi connectivity index (χ1v) is 11.4. The fourth-order valence-electron chi connectivity index (χ4n) is 5.03. The number of anilines is 2. The van der Waals surface area contributed by atoms with Gasteiger partial charge in [-0.05, 0) is 71.2 Å². The predicted molar refractivity (Wildman–Crippen MR) is 146 cm³/mol. The van der Waals surface area contributed by atoms with E-state index in [2.05, 4.69) is 71.4 Å². The first kappa shape index (κ1) is 23.3. The Morgan fingerprint density at radius 2 is 1.65 bits per heavy atom. The summed E-state index contributed by atoms with van der Waals surface area (Å²) in [6.45, 7) is 22.8.